The molecule has 0 amide bonds. The molecule has 1 fully saturated rings. The highest BCUT2D eigenvalue weighted by molar-refractivity contribution is 5.31. The first-order valence-corrected chi connectivity index (χ1v) is 8.07. The maximum atomic E-state index is 10.2. The quantitative estimate of drug-likeness (QED) is 0.873. The summed E-state index contributed by atoms with van der Waals surface area (Å²) < 4.78 is 5.52. The molecule has 2 rings (SSSR count). The van der Waals surface area contributed by atoms with E-state index in [1.807, 2.05) is 13.8 Å². The zero-order valence-electron chi connectivity index (χ0n) is 13.8. The molecule has 0 aromatic heterocycles. The largest absolute Gasteiger partial charge is 0.389 e. The van der Waals surface area contributed by atoms with Crippen molar-refractivity contribution in [1.29, 1.82) is 0 Å². The predicted octanol–water partition coefficient (Wildman–Crippen LogP) is 3.23. The Bertz CT molecular complexity index is 438. The van der Waals surface area contributed by atoms with E-state index in [1.165, 1.54) is 29.5 Å². The topological polar surface area (TPSA) is 32.7 Å². The van der Waals surface area contributed by atoms with Crippen LogP contribution in [0, 0.1) is 13.8 Å². The molecule has 2 atom stereocenters. The van der Waals surface area contributed by atoms with Crippen molar-refractivity contribution >= 4 is 0 Å². The molecular formula is C18H29NO2. The van der Waals surface area contributed by atoms with Gasteiger partial charge in [-0.3, -0.25) is 4.90 Å². The summed E-state index contributed by atoms with van der Waals surface area (Å²) in [5, 5.41) is 10.2. The lowest BCUT2D eigenvalue weighted by Gasteiger charge is -2.28. The summed E-state index contributed by atoms with van der Waals surface area (Å²) in [5.41, 5.74) is 4.03. The Labute approximate surface area is 128 Å². The smallest absolute Gasteiger partial charge is 0.0900 e. The number of hydrogen-bond donors (Lipinski definition) is 1. The van der Waals surface area contributed by atoms with Crippen LogP contribution in [-0.2, 0) is 4.74 Å². The van der Waals surface area contributed by atoms with Gasteiger partial charge in [-0.05, 0) is 52.6 Å². The van der Waals surface area contributed by atoms with E-state index >= 15 is 0 Å². The highest BCUT2D eigenvalue weighted by atomic mass is 16.5. The Morgan fingerprint density at radius 1 is 1.24 bits per heavy atom. The van der Waals surface area contributed by atoms with Gasteiger partial charge in [-0.1, -0.05) is 29.3 Å². The highest BCUT2D eigenvalue weighted by Crippen LogP contribution is 2.32. The van der Waals surface area contributed by atoms with Gasteiger partial charge >= 0.3 is 0 Å². The van der Waals surface area contributed by atoms with E-state index in [0.717, 1.165) is 6.54 Å². The maximum Gasteiger partial charge on any atom is 0.0900 e. The van der Waals surface area contributed by atoms with Crippen LogP contribution in [0.15, 0.2) is 18.2 Å². The zero-order chi connectivity index (χ0) is 15.4. The van der Waals surface area contributed by atoms with Gasteiger partial charge in [0, 0.05) is 12.6 Å². The summed E-state index contributed by atoms with van der Waals surface area (Å²) >= 11 is 0. The first kappa shape index (κ1) is 16.5. The van der Waals surface area contributed by atoms with Crippen molar-refractivity contribution in [2.75, 3.05) is 19.7 Å². The normalized spacial score (nSPS) is 21.1. The van der Waals surface area contributed by atoms with Gasteiger partial charge in [0.2, 0.25) is 0 Å². The number of benzene rings is 1. The van der Waals surface area contributed by atoms with Gasteiger partial charge in [0.15, 0.2) is 0 Å². The fourth-order valence-electron chi connectivity index (χ4n) is 3.25. The molecule has 0 saturated carbocycles. The Hall–Kier alpha value is -0.900. The van der Waals surface area contributed by atoms with Crippen LogP contribution in [0.4, 0.5) is 0 Å². The van der Waals surface area contributed by atoms with E-state index in [4.69, 9.17) is 4.74 Å². The molecule has 1 saturated heterocycles. The molecule has 0 bridgehead atoms. The van der Waals surface area contributed by atoms with Crippen LogP contribution < -0.4 is 0 Å². The Morgan fingerprint density at radius 2 is 1.90 bits per heavy atom. The maximum absolute atomic E-state index is 10.2. The summed E-state index contributed by atoms with van der Waals surface area (Å²) in [6, 6.07) is 7.23. The SMILES string of the molecule is Cc1cc(C)cc(C2CCCN2CC(O)COC(C)C)c1. The van der Waals surface area contributed by atoms with Gasteiger partial charge in [0.05, 0.1) is 18.8 Å². The average Bonchev–Trinajstić information content (AvgIpc) is 2.83. The molecule has 2 unspecified atom stereocenters. The molecule has 0 aliphatic carbocycles. The number of hydrogen-bond acceptors (Lipinski definition) is 3. The number of nitrogens with zero attached hydrogens (tertiary/aromatic N) is 1. The Morgan fingerprint density at radius 3 is 2.52 bits per heavy atom. The minimum Gasteiger partial charge on any atom is -0.389 e. The summed E-state index contributed by atoms with van der Waals surface area (Å²) in [6.45, 7) is 10.5. The van der Waals surface area contributed by atoms with Crippen molar-refractivity contribution in [2.24, 2.45) is 0 Å². The zero-order valence-corrected chi connectivity index (χ0v) is 13.8. The summed E-state index contributed by atoms with van der Waals surface area (Å²) in [6.07, 6.45) is 2.16. The first-order chi connectivity index (χ1) is 9.95. The molecule has 1 aliphatic heterocycles. The number of aryl methyl sites for hydroxylation is 2. The van der Waals surface area contributed by atoms with E-state index in [1.54, 1.807) is 0 Å². The van der Waals surface area contributed by atoms with Gasteiger partial charge in [0.1, 0.15) is 0 Å². The second kappa shape index (κ2) is 7.39. The molecule has 1 heterocycles. The Kier molecular flexibility index (Phi) is 5.80. The molecule has 1 aliphatic rings. The van der Waals surface area contributed by atoms with Gasteiger partial charge in [0.25, 0.3) is 0 Å². The van der Waals surface area contributed by atoms with Crippen LogP contribution in [0.1, 0.15) is 49.4 Å². The number of aliphatic hydroxyl groups excluding tert-OH is 1. The fraction of sp³-hybridized carbons (Fsp3) is 0.667. The molecule has 1 aromatic carbocycles. The third kappa shape index (κ3) is 4.80. The number of aliphatic hydroxyl groups is 1. The summed E-state index contributed by atoms with van der Waals surface area (Å²) in [7, 11) is 0. The number of rotatable bonds is 6. The predicted molar refractivity (Wildman–Crippen MR) is 86.6 cm³/mol. The van der Waals surface area contributed by atoms with Crippen molar-refractivity contribution in [2.45, 2.75) is 58.8 Å². The highest BCUT2D eigenvalue weighted by Gasteiger charge is 2.27. The molecule has 118 valence electrons. The number of ether oxygens (including phenoxy) is 1. The van der Waals surface area contributed by atoms with Gasteiger partial charge in [-0.2, -0.15) is 0 Å². The molecule has 0 radical (unpaired) electrons. The van der Waals surface area contributed by atoms with Crippen molar-refractivity contribution < 1.29 is 9.84 Å². The van der Waals surface area contributed by atoms with Crippen molar-refractivity contribution in [3.05, 3.63) is 34.9 Å². The van der Waals surface area contributed by atoms with Crippen LogP contribution >= 0.6 is 0 Å². The number of β-amino-alcohol motifs (C(OH)–C–C–N with tert-alkyl or cyclic N) is 1. The van der Waals surface area contributed by atoms with Crippen LogP contribution in [0.25, 0.3) is 0 Å². The molecule has 0 spiro atoms. The molecule has 1 aromatic rings. The van der Waals surface area contributed by atoms with Crippen LogP contribution in [0.3, 0.4) is 0 Å². The summed E-state index contributed by atoms with van der Waals surface area (Å²) in [4.78, 5) is 2.41. The van der Waals surface area contributed by atoms with E-state index in [9.17, 15) is 5.11 Å². The number of likely N-dealkylation sites (tertiary alicyclic amines) is 1. The monoisotopic (exact) mass is 291 g/mol. The lowest BCUT2D eigenvalue weighted by molar-refractivity contribution is -0.0101. The van der Waals surface area contributed by atoms with Crippen LogP contribution in [0.5, 0.6) is 0 Å². The van der Waals surface area contributed by atoms with Crippen molar-refractivity contribution in [3.8, 4) is 0 Å². The lowest BCUT2D eigenvalue weighted by atomic mass is 9.99. The second-order valence-electron chi connectivity index (χ2n) is 6.61. The van der Waals surface area contributed by atoms with Crippen LogP contribution in [-0.4, -0.2) is 41.9 Å². The van der Waals surface area contributed by atoms with E-state index in [0.29, 0.717) is 19.2 Å². The van der Waals surface area contributed by atoms with Gasteiger partial charge < -0.3 is 9.84 Å². The molecule has 3 nitrogen and oxygen atoms in total. The van der Waals surface area contributed by atoms with Crippen molar-refractivity contribution in [3.63, 3.8) is 0 Å². The van der Waals surface area contributed by atoms with Crippen molar-refractivity contribution in [1.82, 2.24) is 4.90 Å². The molecular weight excluding hydrogens is 262 g/mol. The second-order valence-corrected chi connectivity index (χ2v) is 6.61. The van der Waals surface area contributed by atoms with E-state index in [-0.39, 0.29) is 6.10 Å². The van der Waals surface area contributed by atoms with E-state index in [2.05, 4.69) is 36.9 Å². The minimum absolute atomic E-state index is 0.174. The van der Waals surface area contributed by atoms with Gasteiger partial charge in [-0.15, -0.1) is 0 Å². The van der Waals surface area contributed by atoms with Gasteiger partial charge in [-0.25, -0.2) is 0 Å². The fourth-order valence-corrected chi connectivity index (χ4v) is 3.25. The van der Waals surface area contributed by atoms with E-state index < -0.39 is 6.10 Å². The van der Waals surface area contributed by atoms with Crippen LogP contribution in [0.2, 0.25) is 0 Å². The molecule has 21 heavy (non-hydrogen) atoms. The molecule has 3 heteroatoms. The third-order valence-corrected chi connectivity index (χ3v) is 4.06. The lowest BCUT2D eigenvalue weighted by Crippen LogP contribution is -2.35. The summed E-state index contributed by atoms with van der Waals surface area (Å²) in [5.74, 6) is 0. The first-order valence-electron chi connectivity index (χ1n) is 8.07. The average molecular weight is 291 g/mol. The Balaban J connectivity index is 1.99. The molecule has 1 N–H and O–H groups in total. The third-order valence-electron chi connectivity index (χ3n) is 4.06. The minimum atomic E-state index is -0.404. The standard InChI is InChI=1S/C18H29NO2/c1-13(2)21-12-17(20)11-19-7-5-6-18(19)16-9-14(3)8-15(4)10-16/h8-10,13,17-18,20H,5-7,11-12H2,1-4H3.